The second-order valence-corrected chi connectivity index (χ2v) is 9.95. The van der Waals surface area contributed by atoms with Crippen molar-refractivity contribution < 1.29 is 24.7 Å². The summed E-state index contributed by atoms with van der Waals surface area (Å²) >= 11 is 0. The molecule has 1 saturated carbocycles. The Morgan fingerprint density at radius 2 is 1.67 bits per heavy atom. The van der Waals surface area contributed by atoms with Gasteiger partial charge < -0.3 is 19.8 Å². The van der Waals surface area contributed by atoms with Crippen LogP contribution in [0.5, 0.6) is 0 Å². The first kappa shape index (κ1) is 23.4. The molecule has 3 amide bonds. The van der Waals surface area contributed by atoms with E-state index < -0.39 is 23.8 Å². The third kappa shape index (κ3) is 4.78. The van der Waals surface area contributed by atoms with Crippen LogP contribution in [-0.2, 0) is 9.59 Å². The van der Waals surface area contributed by atoms with Crippen LogP contribution in [0.2, 0.25) is 0 Å². The molecule has 3 aliphatic rings. The number of hydrogen-bond donors (Lipinski definition) is 3. The van der Waals surface area contributed by atoms with Crippen LogP contribution in [0.4, 0.5) is 10.5 Å². The number of rotatable bonds is 4. The van der Waals surface area contributed by atoms with Crippen LogP contribution in [-0.4, -0.2) is 77.3 Å². The number of carbonyl (C=O) groups excluding carboxylic acids is 2. The molecule has 4 atom stereocenters. The summed E-state index contributed by atoms with van der Waals surface area (Å²) in [6.45, 7) is 5.74. The van der Waals surface area contributed by atoms with E-state index in [0.29, 0.717) is 39.0 Å². The lowest BCUT2D eigenvalue weighted by atomic mass is 9.60. The molecule has 0 bridgehead atoms. The standard InChI is InChI=1S/C24H34N4O5/c1-24(17-8-10-28(16-17)23(31)32)9-7-19(20(15-24)21(29)25-33)22(30)27-13-11-26(12-14-27)18-5-3-2-4-6-18/h2-6,17,19-20,33H,7-16H2,1H3,(H,25,29)(H,31,32)/t17?,19-,20-,24+/m0/s1. The van der Waals surface area contributed by atoms with Crippen molar-refractivity contribution in [3.05, 3.63) is 30.3 Å². The molecule has 0 spiro atoms. The molecule has 2 saturated heterocycles. The minimum Gasteiger partial charge on any atom is -0.465 e. The zero-order valence-electron chi connectivity index (χ0n) is 19.2. The number of hydroxylamine groups is 1. The van der Waals surface area contributed by atoms with Crippen molar-refractivity contribution in [2.45, 2.75) is 32.6 Å². The van der Waals surface area contributed by atoms with E-state index in [2.05, 4.69) is 24.0 Å². The molecule has 1 aromatic rings. The fourth-order valence-corrected chi connectivity index (χ4v) is 6.02. The Balaban J connectivity index is 1.42. The third-order valence-corrected chi connectivity index (χ3v) is 8.12. The Bertz CT molecular complexity index is 873. The van der Waals surface area contributed by atoms with E-state index in [1.165, 1.54) is 4.90 Å². The van der Waals surface area contributed by atoms with Crippen molar-refractivity contribution in [2.24, 2.45) is 23.2 Å². The van der Waals surface area contributed by atoms with E-state index in [9.17, 15) is 24.7 Å². The monoisotopic (exact) mass is 458 g/mol. The van der Waals surface area contributed by atoms with E-state index in [4.69, 9.17) is 0 Å². The molecule has 1 aromatic carbocycles. The summed E-state index contributed by atoms with van der Waals surface area (Å²) in [6.07, 6.45) is 1.65. The summed E-state index contributed by atoms with van der Waals surface area (Å²) in [7, 11) is 0. The lowest BCUT2D eigenvalue weighted by molar-refractivity contribution is -0.150. The van der Waals surface area contributed by atoms with Crippen LogP contribution in [0.1, 0.15) is 32.6 Å². The van der Waals surface area contributed by atoms with Crippen LogP contribution in [0.25, 0.3) is 0 Å². The van der Waals surface area contributed by atoms with Gasteiger partial charge in [0.1, 0.15) is 0 Å². The fraction of sp³-hybridized carbons (Fsp3) is 0.625. The van der Waals surface area contributed by atoms with Gasteiger partial charge in [-0.1, -0.05) is 25.1 Å². The van der Waals surface area contributed by atoms with Crippen molar-refractivity contribution in [2.75, 3.05) is 44.2 Å². The van der Waals surface area contributed by atoms with E-state index in [1.54, 1.807) is 5.48 Å². The number of amides is 3. The van der Waals surface area contributed by atoms with Gasteiger partial charge in [-0.3, -0.25) is 14.8 Å². The average Bonchev–Trinajstić information content (AvgIpc) is 3.36. The summed E-state index contributed by atoms with van der Waals surface area (Å²) in [5, 5.41) is 18.7. The second-order valence-electron chi connectivity index (χ2n) is 9.95. The summed E-state index contributed by atoms with van der Waals surface area (Å²) in [4.78, 5) is 43.0. The van der Waals surface area contributed by atoms with Gasteiger partial charge in [-0.05, 0) is 49.1 Å². The first-order valence-corrected chi connectivity index (χ1v) is 11.8. The van der Waals surface area contributed by atoms with Crippen molar-refractivity contribution in [3.63, 3.8) is 0 Å². The van der Waals surface area contributed by atoms with Crippen LogP contribution in [0.15, 0.2) is 30.3 Å². The normalized spacial score (nSPS) is 30.2. The average molecular weight is 459 g/mol. The van der Waals surface area contributed by atoms with Gasteiger partial charge in [-0.15, -0.1) is 0 Å². The van der Waals surface area contributed by atoms with Crippen LogP contribution in [0.3, 0.4) is 0 Å². The zero-order chi connectivity index (χ0) is 23.6. The third-order valence-electron chi connectivity index (χ3n) is 8.12. The molecule has 180 valence electrons. The van der Waals surface area contributed by atoms with Crippen LogP contribution in [0, 0.1) is 23.2 Å². The first-order chi connectivity index (χ1) is 15.8. The Hall–Kier alpha value is -2.81. The van der Waals surface area contributed by atoms with Gasteiger partial charge in [0.25, 0.3) is 0 Å². The number of nitrogens with zero attached hydrogens (tertiary/aromatic N) is 3. The molecule has 2 heterocycles. The largest absolute Gasteiger partial charge is 0.465 e. The maximum absolute atomic E-state index is 13.5. The molecular weight excluding hydrogens is 424 g/mol. The highest BCUT2D eigenvalue weighted by Gasteiger charge is 2.49. The molecular formula is C24H34N4O5. The molecule has 2 aliphatic heterocycles. The number of carbonyl (C=O) groups is 3. The van der Waals surface area contributed by atoms with Gasteiger partial charge >= 0.3 is 6.09 Å². The molecule has 0 radical (unpaired) electrons. The molecule has 4 rings (SSSR count). The Labute approximate surface area is 194 Å². The molecule has 33 heavy (non-hydrogen) atoms. The summed E-state index contributed by atoms with van der Waals surface area (Å²) < 4.78 is 0. The molecule has 9 heteroatoms. The van der Waals surface area contributed by atoms with E-state index in [1.807, 2.05) is 23.1 Å². The topological polar surface area (TPSA) is 113 Å². The summed E-state index contributed by atoms with van der Waals surface area (Å²) in [5.74, 6) is -1.47. The summed E-state index contributed by atoms with van der Waals surface area (Å²) in [5.41, 5.74) is 2.68. The van der Waals surface area contributed by atoms with Crippen molar-refractivity contribution in [1.82, 2.24) is 15.3 Å². The van der Waals surface area contributed by atoms with Crippen molar-refractivity contribution in [3.8, 4) is 0 Å². The predicted molar refractivity (Wildman–Crippen MR) is 122 cm³/mol. The number of likely N-dealkylation sites (tertiary alicyclic amines) is 1. The highest BCUT2D eigenvalue weighted by Crippen LogP contribution is 2.50. The SMILES string of the molecule is C[C@@]1(C2CCN(C(=O)O)C2)CC[C@H](C(=O)N2CCN(c3ccccc3)CC2)[C@@H](C(=O)NO)C1. The van der Waals surface area contributed by atoms with E-state index >= 15 is 0 Å². The number of benzene rings is 1. The summed E-state index contributed by atoms with van der Waals surface area (Å²) in [6, 6.07) is 10.1. The first-order valence-electron chi connectivity index (χ1n) is 11.8. The maximum atomic E-state index is 13.5. The van der Waals surface area contributed by atoms with E-state index in [-0.39, 0.29) is 17.2 Å². The minimum atomic E-state index is -0.913. The van der Waals surface area contributed by atoms with Crippen molar-refractivity contribution >= 4 is 23.6 Å². The van der Waals surface area contributed by atoms with Gasteiger partial charge in [0.2, 0.25) is 11.8 Å². The van der Waals surface area contributed by atoms with E-state index in [0.717, 1.165) is 31.6 Å². The van der Waals surface area contributed by atoms with Gasteiger partial charge in [0.05, 0.1) is 5.92 Å². The van der Waals surface area contributed by atoms with Crippen LogP contribution >= 0.6 is 0 Å². The Morgan fingerprint density at radius 3 is 2.27 bits per heavy atom. The molecule has 1 unspecified atom stereocenters. The van der Waals surface area contributed by atoms with Gasteiger partial charge in [-0.25, -0.2) is 10.3 Å². The Kier molecular flexibility index (Phi) is 6.78. The van der Waals surface area contributed by atoms with Gasteiger partial charge in [0.15, 0.2) is 0 Å². The lowest BCUT2D eigenvalue weighted by Gasteiger charge is -2.46. The number of para-hydroxylation sites is 1. The molecule has 3 N–H and O–H groups in total. The number of hydrogen-bond acceptors (Lipinski definition) is 5. The molecule has 3 fully saturated rings. The minimum absolute atomic E-state index is 0.0167. The number of anilines is 1. The lowest BCUT2D eigenvalue weighted by Crippen LogP contribution is -2.54. The molecule has 1 aliphatic carbocycles. The maximum Gasteiger partial charge on any atom is 0.407 e. The number of piperazine rings is 1. The fourth-order valence-electron chi connectivity index (χ4n) is 6.02. The molecule has 9 nitrogen and oxygen atoms in total. The number of carboxylic acid groups (broad SMARTS) is 1. The van der Waals surface area contributed by atoms with Crippen LogP contribution < -0.4 is 10.4 Å². The smallest absolute Gasteiger partial charge is 0.407 e. The second kappa shape index (κ2) is 9.59. The quantitative estimate of drug-likeness (QED) is 0.471. The van der Waals surface area contributed by atoms with Gasteiger partial charge in [0, 0.05) is 50.9 Å². The Morgan fingerprint density at radius 1 is 0.970 bits per heavy atom. The zero-order valence-corrected chi connectivity index (χ0v) is 19.2. The van der Waals surface area contributed by atoms with Gasteiger partial charge in [-0.2, -0.15) is 0 Å². The number of nitrogens with one attached hydrogen (secondary N) is 1. The predicted octanol–water partition coefficient (Wildman–Crippen LogP) is 2.26. The highest BCUT2D eigenvalue weighted by atomic mass is 16.5. The van der Waals surface area contributed by atoms with Crippen molar-refractivity contribution in [1.29, 1.82) is 0 Å². The molecule has 0 aromatic heterocycles. The highest BCUT2D eigenvalue weighted by molar-refractivity contribution is 5.87.